The zero-order valence-electron chi connectivity index (χ0n) is 18.4. The van der Waals surface area contributed by atoms with Gasteiger partial charge in [0.2, 0.25) is 0 Å². The average molecular weight is 438 g/mol. The van der Waals surface area contributed by atoms with E-state index in [1.54, 1.807) is 24.3 Å². The van der Waals surface area contributed by atoms with E-state index in [2.05, 4.69) is 40.3 Å². The van der Waals surface area contributed by atoms with Gasteiger partial charge in [-0.3, -0.25) is 9.59 Å². The molecule has 1 aliphatic heterocycles. The van der Waals surface area contributed by atoms with Crippen LogP contribution in [-0.4, -0.2) is 42.1 Å². The highest BCUT2D eigenvalue weighted by atomic mass is 16.4. The smallest absolute Gasteiger partial charge is 0.320 e. The van der Waals surface area contributed by atoms with Gasteiger partial charge in [0.25, 0.3) is 5.91 Å². The first-order valence-electron chi connectivity index (χ1n) is 10.9. The van der Waals surface area contributed by atoms with Gasteiger partial charge in [0.1, 0.15) is 6.04 Å². The van der Waals surface area contributed by atoms with Crippen molar-refractivity contribution >= 4 is 23.5 Å². The van der Waals surface area contributed by atoms with Crippen molar-refractivity contribution in [2.45, 2.75) is 45.2 Å². The van der Waals surface area contributed by atoms with Crippen LogP contribution in [0.15, 0.2) is 47.5 Å². The van der Waals surface area contributed by atoms with Crippen LogP contribution >= 0.6 is 0 Å². The summed E-state index contributed by atoms with van der Waals surface area (Å²) in [5.41, 5.74) is 16.1. The number of nitrogens with two attached hydrogens (primary N) is 2. The number of carboxylic acid groups (broad SMARTS) is 1. The van der Waals surface area contributed by atoms with Crippen LogP contribution in [0, 0.1) is 6.92 Å². The highest BCUT2D eigenvalue weighted by Gasteiger charge is 2.15. The van der Waals surface area contributed by atoms with Crippen molar-refractivity contribution in [1.82, 2.24) is 5.32 Å². The summed E-state index contributed by atoms with van der Waals surface area (Å²) < 4.78 is 0. The van der Waals surface area contributed by atoms with Gasteiger partial charge < -0.3 is 26.8 Å². The molecule has 2 aromatic rings. The molecular weight excluding hydrogens is 406 g/mol. The molecule has 3 rings (SSSR count). The molecule has 2 aromatic carbocycles. The number of carbonyl (C=O) groups excluding carboxylic acids is 1. The summed E-state index contributed by atoms with van der Waals surface area (Å²) in [5, 5.41) is 12.0. The first kappa shape index (κ1) is 23.3. The minimum Gasteiger partial charge on any atom is -0.480 e. The fourth-order valence-corrected chi connectivity index (χ4v) is 3.82. The number of aliphatic carboxylic acids is 1. The number of carboxylic acids is 1. The maximum absolute atomic E-state index is 12.4. The van der Waals surface area contributed by atoms with E-state index in [0.29, 0.717) is 12.1 Å². The van der Waals surface area contributed by atoms with Crippen molar-refractivity contribution < 1.29 is 14.7 Å². The van der Waals surface area contributed by atoms with Crippen LogP contribution in [-0.2, 0) is 17.8 Å². The predicted molar refractivity (Wildman–Crippen MR) is 126 cm³/mol. The molecule has 170 valence electrons. The molecule has 0 radical (unpaired) electrons. The third kappa shape index (κ3) is 6.31. The quantitative estimate of drug-likeness (QED) is 0.385. The van der Waals surface area contributed by atoms with Gasteiger partial charge in [0, 0.05) is 30.9 Å². The van der Waals surface area contributed by atoms with E-state index in [1.807, 2.05) is 0 Å². The molecule has 0 spiro atoms. The van der Waals surface area contributed by atoms with E-state index < -0.39 is 17.9 Å². The molecule has 8 heteroatoms. The number of piperidine rings is 1. The maximum Gasteiger partial charge on any atom is 0.320 e. The molecule has 1 amide bonds. The SMILES string of the molecule is Cc1ccc(N2CCCCC2)c(CN/C(N)=N/C(=O)c2ccc(C[C@H](N)C(=O)O)cc2)c1. The van der Waals surface area contributed by atoms with E-state index in [-0.39, 0.29) is 12.4 Å². The third-order valence-corrected chi connectivity index (χ3v) is 5.59. The van der Waals surface area contributed by atoms with Crippen LogP contribution in [0.1, 0.15) is 46.3 Å². The minimum atomic E-state index is -1.06. The first-order chi connectivity index (χ1) is 15.3. The largest absolute Gasteiger partial charge is 0.480 e. The average Bonchev–Trinajstić information content (AvgIpc) is 2.78. The number of aliphatic imine (C=N–C) groups is 1. The van der Waals surface area contributed by atoms with Gasteiger partial charge in [-0.05, 0) is 61.9 Å². The van der Waals surface area contributed by atoms with Crippen LogP contribution in [0.4, 0.5) is 5.69 Å². The lowest BCUT2D eigenvalue weighted by Gasteiger charge is -2.31. The summed E-state index contributed by atoms with van der Waals surface area (Å²) in [5.74, 6) is -1.48. The lowest BCUT2D eigenvalue weighted by atomic mass is 10.0. The van der Waals surface area contributed by atoms with Gasteiger partial charge in [-0.25, -0.2) is 0 Å². The van der Waals surface area contributed by atoms with Crippen LogP contribution in [0.3, 0.4) is 0 Å². The number of nitrogens with one attached hydrogen (secondary N) is 1. The van der Waals surface area contributed by atoms with Gasteiger partial charge in [-0.2, -0.15) is 4.99 Å². The first-order valence-corrected chi connectivity index (χ1v) is 10.9. The molecule has 0 unspecified atom stereocenters. The summed E-state index contributed by atoms with van der Waals surface area (Å²) in [4.78, 5) is 29.7. The Kier molecular flexibility index (Phi) is 7.83. The van der Waals surface area contributed by atoms with Gasteiger partial charge in [0.05, 0.1) is 0 Å². The molecule has 1 fully saturated rings. The van der Waals surface area contributed by atoms with Crippen molar-refractivity contribution in [2.24, 2.45) is 16.5 Å². The fraction of sp³-hybridized carbons (Fsp3) is 0.375. The number of carbonyl (C=O) groups is 2. The lowest BCUT2D eigenvalue weighted by molar-refractivity contribution is -0.138. The molecule has 0 bridgehead atoms. The Morgan fingerprint density at radius 1 is 1.12 bits per heavy atom. The highest BCUT2D eigenvalue weighted by Crippen LogP contribution is 2.25. The highest BCUT2D eigenvalue weighted by molar-refractivity contribution is 6.02. The van der Waals surface area contributed by atoms with Crippen molar-refractivity contribution in [3.05, 3.63) is 64.7 Å². The van der Waals surface area contributed by atoms with Gasteiger partial charge in [0.15, 0.2) is 5.96 Å². The second-order valence-corrected chi connectivity index (χ2v) is 8.18. The Balaban J connectivity index is 1.63. The van der Waals surface area contributed by atoms with Crippen LogP contribution in [0.2, 0.25) is 0 Å². The standard InChI is InChI=1S/C24H31N5O3/c1-16-5-10-21(29-11-3-2-4-12-29)19(13-16)15-27-24(26)28-22(30)18-8-6-17(7-9-18)14-20(25)23(31)32/h5-10,13,20H,2-4,11-12,14-15,25H2,1H3,(H,31,32)(H3,26,27,28,30)/t20-/m0/s1. The number of benzene rings is 2. The third-order valence-electron chi connectivity index (χ3n) is 5.59. The molecule has 8 nitrogen and oxygen atoms in total. The number of rotatable bonds is 7. The number of guanidine groups is 1. The summed E-state index contributed by atoms with van der Waals surface area (Å²) in [6, 6.07) is 11.9. The molecule has 1 atom stereocenters. The van der Waals surface area contributed by atoms with Crippen LogP contribution in [0.5, 0.6) is 0 Å². The van der Waals surface area contributed by atoms with Crippen LogP contribution in [0.25, 0.3) is 0 Å². The topological polar surface area (TPSA) is 134 Å². The number of hydrogen-bond acceptors (Lipinski definition) is 4. The van der Waals surface area contributed by atoms with Crippen molar-refractivity contribution in [1.29, 1.82) is 0 Å². The van der Waals surface area contributed by atoms with Crippen molar-refractivity contribution in [3.63, 3.8) is 0 Å². The second-order valence-electron chi connectivity index (χ2n) is 8.18. The zero-order valence-corrected chi connectivity index (χ0v) is 18.4. The number of nitrogens with zero attached hydrogens (tertiary/aromatic N) is 2. The minimum absolute atomic E-state index is 0.0538. The molecule has 0 saturated carbocycles. The molecule has 0 aromatic heterocycles. The molecule has 1 saturated heterocycles. The van der Waals surface area contributed by atoms with Gasteiger partial charge >= 0.3 is 5.97 Å². The van der Waals surface area contributed by atoms with Crippen LogP contribution < -0.4 is 21.7 Å². The molecule has 32 heavy (non-hydrogen) atoms. The summed E-state index contributed by atoms with van der Waals surface area (Å²) in [7, 11) is 0. The summed E-state index contributed by atoms with van der Waals surface area (Å²) in [6.07, 6.45) is 3.84. The Hall–Kier alpha value is -3.39. The Bertz CT molecular complexity index is 982. The predicted octanol–water partition coefficient (Wildman–Crippen LogP) is 2.18. The number of amides is 1. The van der Waals surface area contributed by atoms with E-state index in [1.165, 1.54) is 24.9 Å². The maximum atomic E-state index is 12.4. The van der Waals surface area contributed by atoms with Gasteiger partial charge in [-0.1, -0.05) is 29.8 Å². The second kappa shape index (κ2) is 10.8. The van der Waals surface area contributed by atoms with E-state index in [9.17, 15) is 9.59 Å². The van der Waals surface area contributed by atoms with E-state index >= 15 is 0 Å². The molecule has 6 N–H and O–H groups in total. The number of hydrogen-bond donors (Lipinski definition) is 4. The lowest BCUT2D eigenvalue weighted by Crippen LogP contribution is -2.34. The zero-order chi connectivity index (χ0) is 23.1. The Morgan fingerprint density at radius 3 is 2.47 bits per heavy atom. The van der Waals surface area contributed by atoms with Crippen molar-refractivity contribution in [2.75, 3.05) is 18.0 Å². The summed E-state index contributed by atoms with van der Waals surface area (Å²) in [6.45, 7) is 4.62. The van der Waals surface area contributed by atoms with E-state index in [0.717, 1.165) is 29.8 Å². The monoisotopic (exact) mass is 437 g/mol. The molecule has 1 aliphatic rings. The van der Waals surface area contributed by atoms with E-state index in [4.69, 9.17) is 16.6 Å². The molecular formula is C24H31N5O3. The van der Waals surface area contributed by atoms with Gasteiger partial charge in [-0.15, -0.1) is 0 Å². The Labute approximate surface area is 188 Å². The normalized spacial score (nSPS) is 15.3. The number of aryl methyl sites for hydroxylation is 1. The number of anilines is 1. The van der Waals surface area contributed by atoms with Crippen molar-refractivity contribution in [3.8, 4) is 0 Å². The molecule has 0 aliphatic carbocycles. The molecule has 1 heterocycles. The fourth-order valence-electron chi connectivity index (χ4n) is 3.82. The Morgan fingerprint density at radius 2 is 1.81 bits per heavy atom. The summed E-state index contributed by atoms with van der Waals surface area (Å²) >= 11 is 0.